The Bertz CT molecular complexity index is 1700. The van der Waals surface area contributed by atoms with Gasteiger partial charge in [-0.1, -0.05) is 103 Å². The molecule has 1 N–H and O–H groups in total. The smallest absolute Gasteiger partial charge is 0.264 e. The van der Waals surface area contributed by atoms with Crippen LogP contribution in [0.4, 0.5) is 5.69 Å². The van der Waals surface area contributed by atoms with Crippen molar-refractivity contribution >= 4 is 50.7 Å². The summed E-state index contributed by atoms with van der Waals surface area (Å²) in [7, 11) is -4.25. The molecule has 0 aliphatic heterocycles. The van der Waals surface area contributed by atoms with Gasteiger partial charge in [-0.3, -0.25) is 13.9 Å². The van der Waals surface area contributed by atoms with Gasteiger partial charge in [0.25, 0.3) is 10.0 Å². The Kier molecular flexibility index (Phi) is 11.7. The lowest BCUT2D eigenvalue weighted by Crippen LogP contribution is -2.53. The highest BCUT2D eigenvalue weighted by atomic mass is 35.5. The van der Waals surface area contributed by atoms with Crippen molar-refractivity contribution in [2.75, 3.05) is 17.4 Å². The van der Waals surface area contributed by atoms with Gasteiger partial charge in [0.1, 0.15) is 12.6 Å². The highest BCUT2D eigenvalue weighted by Gasteiger charge is 2.34. The van der Waals surface area contributed by atoms with E-state index in [-0.39, 0.29) is 35.4 Å². The van der Waals surface area contributed by atoms with Crippen LogP contribution >= 0.6 is 23.2 Å². The summed E-state index contributed by atoms with van der Waals surface area (Å²) in [6, 6.07) is 28.3. The molecule has 1 atom stereocenters. The second-order valence-electron chi connectivity index (χ2n) is 11.3. The topological polar surface area (TPSA) is 86.8 Å². The predicted molar refractivity (Wildman–Crippen MR) is 181 cm³/mol. The molecule has 0 fully saturated rings. The summed E-state index contributed by atoms with van der Waals surface area (Å²) in [5.74, 6) is -0.674. The quantitative estimate of drug-likeness (QED) is 0.168. The third-order valence-electron chi connectivity index (χ3n) is 7.21. The zero-order valence-corrected chi connectivity index (χ0v) is 27.8. The van der Waals surface area contributed by atoms with Gasteiger partial charge in [0.2, 0.25) is 11.8 Å². The van der Waals surface area contributed by atoms with E-state index in [0.717, 1.165) is 21.0 Å². The standard InChI is InChI=1S/C35H37Cl2N3O4S/c1-25(2)22-38-35(42)33(20-27-8-5-4-6-9-27)39(23-28-14-12-26(3)13-15-28)34(41)24-40(31-11-7-10-30(37)21-31)45(43,44)32-18-16-29(36)17-19-32/h4-19,21,25,33H,20,22-24H2,1-3H3,(H,38,42)/t33-/m1/s1. The average Bonchev–Trinajstić information content (AvgIpc) is 3.01. The molecule has 0 aliphatic carbocycles. The Morgan fingerprint density at radius 2 is 1.47 bits per heavy atom. The van der Waals surface area contributed by atoms with Gasteiger partial charge in [-0.25, -0.2) is 8.42 Å². The Morgan fingerprint density at radius 3 is 2.09 bits per heavy atom. The lowest BCUT2D eigenvalue weighted by Gasteiger charge is -2.34. The van der Waals surface area contributed by atoms with Crippen LogP contribution in [0.1, 0.15) is 30.5 Å². The van der Waals surface area contributed by atoms with E-state index >= 15 is 0 Å². The van der Waals surface area contributed by atoms with Crippen LogP contribution in [0, 0.1) is 12.8 Å². The van der Waals surface area contributed by atoms with Gasteiger partial charge < -0.3 is 10.2 Å². The molecule has 0 unspecified atom stereocenters. The first-order chi connectivity index (χ1) is 21.4. The third-order valence-corrected chi connectivity index (χ3v) is 9.48. The molecule has 0 saturated heterocycles. The lowest BCUT2D eigenvalue weighted by atomic mass is 10.0. The summed E-state index contributed by atoms with van der Waals surface area (Å²) < 4.78 is 29.2. The molecule has 236 valence electrons. The van der Waals surface area contributed by atoms with Crippen LogP contribution in [-0.4, -0.2) is 44.3 Å². The van der Waals surface area contributed by atoms with Crippen LogP contribution in [0.25, 0.3) is 0 Å². The van der Waals surface area contributed by atoms with E-state index in [1.165, 1.54) is 35.2 Å². The normalized spacial score (nSPS) is 12.0. The number of carbonyl (C=O) groups excluding carboxylic acids is 2. The number of benzene rings is 4. The van der Waals surface area contributed by atoms with Crippen molar-refractivity contribution in [3.8, 4) is 0 Å². The van der Waals surface area contributed by atoms with Crippen molar-refractivity contribution in [2.45, 2.75) is 44.7 Å². The molecule has 0 heterocycles. The molecule has 2 amide bonds. The summed E-state index contributed by atoms with van der Waals surface area (Å²) in [5, 5.41) is 3.67. The molecular weight excluding hydrogens is 629 g/mol. The van der Waals surface area contributed by atoms with Gasteiger partial charge >= 0.3 is 0 Å². The Labute approximate surface area is 275 Å². The number of aryl methyl sites for hydroxylation is 1. The maximum atomic E-state index is 14.5. The first kappa shape index (κ1) is 34.0. The van der Waals surface area contributed by atoms with Crippen LogP contribution in [0.3, 0.4) is 0 Å². The maximum absolute atomic E-state index is 14.5. The van der Waals surface area contributed by atoms with E-state index in [4.69, 9.17) is 23.2 Å². The van der Waals surface area contributed by atoms with Crippen LogP contribution in [0.15, 0.2) is 108 Å². The number of anilines is 1. The van der Waals surface area contributed by atoms with Crippen LogP contribution in [0.5, 0.6) is 0 Å². The van der Waals surface area contributed by atoms with Crippen LogP contribution in [0.2, 0.25) is 10.0 Å². The zero-order valence-electron chi connectivity index (χ0n) is 25.5. The number of nitrogens with one attached hydrogen (secondary N) is 1. The minimum Gasteiger partial charge on any atom is -0.354 e. The molecule has 0 spiro atoms. The predicted octanol–water partition coefficient (Wildman–Crippen LogP) is 6.91. The molecular formula is C35H37Cl2N3O4S. The fourth-order valence-corrected chi connectivity index (χ4v) is 6.48. The average molecular weight is 667 g/mol. The van der Waals surface area contributed by atoms with Crippen molar-refractivity contribution < 1.29 is 18.0 Å². The Balaban J connectivity index is 1.79. The van der Waals surface area contributed by atoms with Crippen molar-refractivity contribution in [2.24, 2.45) is 5.92 Å². The molecule has 0 aliphatic rings. The maximum Gasteiger partial charge on any atom is 0.264 e. The van der Waals surface area contributed by atoms with Crippen molar-refractivity contribution in [3.63, 3.8) is 0 Å². The first-order valence-electron chi connectivity index (χ1n) is 14.6. The Hall–Kier alpha value is -3.85. The summed E-state index contributed by atoms with van der Waals surface area (Å²) in [4.78, 5) is 29.7. The van der Waals surface area contributed by atoms with E-state index in [1.54, 1.807) is 18.2 Å². The minimum absolute atomic E-state index is 0.0414. The van der Waals surface area contributed by atoms with Gasteiger partial charge in [-0.2, -0.15) is 0 Å². The van der Waals surface area contributed by atoms with E-state index in [0.29, 0.717) is 16.6 Å². The van der Waals surface area contributed by atoms with Gasteiger partial charge in [-0.15, -0.1) is 0 Å². The molecule has 7 nitrogen and oxygen atoms in total. The molecule has 4 aromatic rings. The molecule has 0 saturated carbocycles. The monoisotopic (exact) mass is 665 g/mol. The van der Waals surface area contributed by atoms with E-state index in [9.17, 15) is 18.0 Å². The van der Waals surface area contributed by atoms with Gasteiger partial charge in [-0.05, 0) is 66.4 Å². The molecule has 4 rings (SSSR count). The van der Waals surface area contributed by atoms with Crippen molar-refractivity contribution in [1.82, 2.24) is 10.2 Å². The number of hydrogen-bond acceptors (Lipinski definition) is 4. The second kappa shape index (κ2) is 15.4. The van der Waals surface area contributed by atoms with Gasteiger partial charge in [0.15, 0.2) is 0 Å². The van der Waals surface area contributed by atoms with Crippen molar-refractivity contribution in [1.29, 1.82) is 0 Å². The zero-order chi connectivity index (χ0) is 32.6. The fraction of sp³-hybridized carbons (Fsp3) is 0.257. The molecule has 10 heteroatoms. The van der Waals surface area contributed by atoms with Crippen LogP contribution in [-0.2, 0) is 32.6 Å². The lowest BCUT2D eigenvalue weighted by molar-refractivity contribution is -0.140. The molecule has 0 bridgehead atoms. The highest BCUT2D eigenvalue weighted by Crippen LogP contribution is 2.28. The van der Waals surface area contributed by atoms with Gasteiger partial charge in [0, 0.05) is 29.6 Å². The number of carbonyl (C=O) groups is 2. The summed E-state index contributed by atoms with van der Waals surface area (Å²) >= 11 is 12.3. The molecule has 0 aromatic heterocycles. The number of nitrogens with zero attached hydrogens (tertiary/aromatic N) is 2. The van der Waals surface area contributed by atoms with E-state index < -0.39 is 28.5 Å². The van der Waals surface area contributed by atoms with Crippen LogP contribution < -0.4 is 9.62 Å². The molecule has 4 aromatic carbocycles. The SMILES string of the molecule is Cc1ccc(CN(C(=O)CN(c2cccc(Cl)c2)S(=O)(=O)c2ccc(Cl)cc2)[C@H](Cc2ccccc2)C(=O)NCC(C)C)cc1. The molecule has 0 radical (unpaired) electrons. The van der Waals surface area contributed by atoms with Crippen molar-refractivity contribution in [3.05, 3.63) is 130 Å². The molecule has 45 heavy (non-hydrogen) atoms. The van der Waals surface area contributed by atoms with Gasteiger partial charge in [0.05, 0.1) is 10.6 Å². The minimum atomic E-state index is -4.25. The number of rotatable bonds is 13. The second-order valence-corrected chi connectivity index (χ2v) is 14.0. The number of sulfonamides is 1. The van der Waals surface area contributed by atoms with E-state index in [1.807, 2.05) is 75.4 Å². The number of hydrogen-bond donors (Lipinski definition) is 1. The summed E-state index contributed by atoms with van der Waals surface area (Å²) in [6.07, 6.45) is 0.240. The third kappa shape index (κ3) is 9.33. The Morgan fingerprint density at radius 1 is 0.800 bits per heavy atom. The summed E-state index contributed by atoms with van der Waals surface area (Å²) in [5.41, 5.74) is 2.93. The highest BCUT2D eigenvalue weighted by molar-refractivity contribution is 7.92. The largest absolute Gasteiger partial charge is 0.354 e. The first-order valence-corrected chi connectivity index (χ1v) is 16.8. The fourth-order valence-electron chi connectivity index (χ4n) is 4.76. The number of halogens is 2. The van der Waals surface area contributed by atoms with E-state index in [2.05, 4.69) is 5.32 Å². The number of amides is 2. The summed E-state index contributed by atoms with van der Waals surface area (Å²) in [6.45, 7) is 5.90.